The van der Waals surface area contributed by atoms with Gasteiger partial charge in [0.05, 0.1) is 20.3 Å². The largest absolute Gasteiger partial charge is 0.493 e. The lowest BCUT2D eigenvalue weighted by Gasteiger charge is -2.10. The Morgan fingerprint density at radius 2 is 2.12 bits per heavy atom. The van der Waals surface area contributed by atoms with E-state index in [4.69, 9.17) is 15.2 Å². The number of Topliss-reactive ketones (excluding diaryl/α,β-unsaturated/α-hetero) is 1. The van der Waals surface area contributed by atoms with Gasteiger partial charge in [-0.2, -0.15) is 0 Å². The lowest BCUT2D eigenvalue weighted by atomic mass is 10.1. The van der Waals surface area contributed by atoms with E-state index >= 15 is 0 Å². The number of nitrogens with zero attached hydrogens (tertiary/aromatic N) is 1. The van der Waals surface area contributed by atoms with Crippen LogP contribution in [0.4, 0.5) is 4.39 Å². The fraction of sp³-hybridized carbons (Fsp3) is 0.400. The Morgan fingerprint density at radius 1 is 1.50 bits per heavy atom. The van der Waals surface area contributed by atoms with Gasteiger partial charge in [-0.15, -0.1) is 0 Å². The molecular formula is C10H13FN2O3. The van der Waals surface area contributed by atoms with E-state index in [1.165, 1.54) is 27.2 Å². The second-order valence-corrected chi connectivity index (χ2v) is 3.18. The maximum atomic E-state index is 13.7. The summed E-state index contributed by atoms with van der Waals surface area (Å²) in [6.07, 6.45) is 0. The number of ketones is 1. The molecule has 0 fully saturated rings. The summed E-state index contributed by atoms with van der Waals surface area (Å²) in [4.78, 5) is 15.3. The highest BCUT2D eigenvalue weighted by Gasteiger charge is 2.22. The first-order valence-electron chi connectivity index (χ1n) is 4.59. The maximum Gasteiger partial charge on any atom is 0.217 e. The second kappa shape index (κ2) is 4.89. The van der Waals surface area contributed by atoms with E-state index in [9.17, 15) is 9.18 Å². The molecule has 1 aromatic heterocycles. The van der Waals surface area contributed by atoms with Crippen molar-refractivity contribution in [2.75, 3.05) is 14.2 Å². The third-order valence-corrected chi connectivity index (χ3v) is 1.98. The van der Waals surface area contributed by atoms with Crippen LogP contribution in [-0.4, -0.2) is 31.0 Å². The molecule has 1 heterocycles. The van der Waals surface area contributed by atoms with E-state index in [1.54, 1.807) is 0 Å². The Kier molecular flexibility index (Phi) is 3.78. The molecule has 6 heteroatoms. The summed E-state index contributed by atoms with van der Waals surface area (Å²) in [5.74, 6) is -1.43. The first kappa shape index (κ1) is 12.4. The monoisotopic (exact) mass is 228 g/mol. The molecule has 16 heavy (non-hydrogen) atoms. The highest BCUT2D eigenvalue weighted by molar-refractivity contribution is 5.98. The number of hydrogen-bond acceptors (Lipinski definition) is 5. The van der Waals surface area contributed by atoms with Crippen molar-refractivity contribution in [1.29, 1.82) is 0 Å². The van der Waals surface area contributed by atoms with Crippen LogP contribution in [-0.2, 0) is 0 Å². The molecule has 88 valence electrons. The van der Waals surface area contributed by atoms with Crippen molar-refractivity contribution in [1.82, 2.24) is 4.98 Å². The van der Waals surface area contributed by atoms with Gasteiger partial charge in [0.1, 0.15) is 0 Å². The SMILES string of the molecule is COc1cc(OC)c(F)c(C(=O)C(C)N)n1. The van der Waals surface area contributed by atoms with Crippen LogP contribution >= 0.6 is 0 Å². The number of methoxy groups -OCH3 is 2. The van der Waals surface area contributed by atoms with Crippen LogP contribution in [0.3, 0.4) is 0 Å². The lowest BCUT2D eigenvalue weighted by Crippen LogP contribution is -2.28. The molecule has 0 amide bonds. The van der Waals surface area contributed by atoms with Crippen molar-refractivity contribution >= 4 is 5.78 Å². The summed E-state index contributed by atoms with van der Waals surface area (Å²) in [5, 5.41) is 0. The van der Waals surface area contributed by atoms with Crippen LogP contribution in [0.2, 0.25) is 0 Å². The quantitative estimate of drug-likeness (QED) is 0.770. The van der Waals surface area contributed by atoms with Crippen LogP contribution in [0.25, 0.3) is 0 Å². The molecule has 0 bridgehead atoms. The minimum Gasteiger partial charge on any atom is -0.493 e. The molecule has 0 aliphatic carbocycles. The average Bonchev–Trinajstić information content (AvgIpc) is 2.28. The molecule has 0 aliphatic rings. The van der Waals surface area contributed by atoms with Gasteiger partial charge in [-0.3, -0.25) is 4.79 Å². The number of aromatic nitrogens is 1. The highest BCUT2D eigenvalue weighted by Crippen LogP contribution is 2.24. The molecule has 0 aromatic carbocycles. The minimum absolute atomic E-state index is 0.0993. The van der Waals surface area contributed by atoms with Crippen LogP contribution in [0, 0.1) is 5.82 Å². The van der Waals surface area contributed by atoms with E-state index in [2.05, 4.69) is 4.98 Å². The molecule has 5 nitrogen and oxygen atoms in total. The van der Waals surface area contributed by atoms with E-state index in [0.717, 1.165) is 0 Å². The zero-order chi connectivity index (χ0) is 12.3. The number of hydrogen-bond donors (Lipinski definition) is 1. The molecule has 0 radical (unpaired) electrons. The molecule has 0 spiro atoms. The summed E-state index contributed by atoms with van der Waals surface area (Å²) in [7, 11) is 2.65. The molecule has 0 saturated carbocycles. The van der Waals surface area contributed by atoms with Gasteiger partial charge in [0, 0.05) is 6.07 Å². The second-order valence-electron chi connectivity index (χ2n) is 3.18. The van der Waals surface area contributed by atoms with Gasteiger partial charge in [-0.1, -0.05) is 0 Å². The van der Waals surface area contributed by atoms with E-state index < -0.39 is 17.6 Å². The number of pyridine rings is 1. The summed E-state index contributed by atoms with van der Waals surface area (Å²) in [6, 6.07) is 0.423. The van der Waals surface area contributed by atoms with Crippen molar-refractivity contribution in [3.63, 3.8) is 0 Å². The third-order valence-electron chi connectivity index (χ3n) is 1.98. The van der Waals surface area contributed by atoms with Crippen molar-refractivity contribution in [2.45, 2.75) is 13.0 Å². The molecule has 1 unspecified atom stereocenters. The molecule has 1 rings (SSSR count). The Morgan fingerprint density at radius 3 is 2.56 bits per heavy atom. The number of nitrogens with two attached hydrogens (primary N) is 1. The predicted molar refractivity (Wildman–Crippen MR) is 55.3 cm³/mol. The van der Waals surface area contributed by atoms with Crippen molar-refractivity contribution in [3.05, 3.63) is 17.6 Å². The molecular weight excluding hydrogens is 215 g/mol. The van der Waals surface area contributed by atoms with Gasteiger partial charge < -0.3 is 15.2 Å². The first-order valence-corrected chi connectivity index (χ1v) is 4.59. The number of carbonyl (C=O) groups excluding carboxylic acids is 1. The van der Waals surface area contributed by atoms with Crippen molar-refractivity contribution in [3.8, 4) is 11.6 Å². The Bertz CT molecular complexity index is 407. The van der Waals surface area contributed by atoms with E-state index in [1.807, 2.05) is 0 Å². The van der Waals surface area contributed by atoms with Gasteiger partial charge in [0.15, 0.2) is 17.3 Å². The standard InChI is InChI=1S/C10H13FN2O3/c1-5(12)10(14)9-8(11)6(15-2)4-7(13-9)16-3/h4-5H,12H2,1-3H3. The zero-order valence-corrected chi connectivity index (χ0v) is 9.28. The summed E-state index contributed by atoms with van der Waals surface area (Å²) in [5.41, 5.74) is 5.01. The maximum absolute atomic E-state index is 13.7. The zero-order valence-electron chi connectivity index (χ0n) is 9.28. The van der Waals surface area contributed by atoms with E-state index in [0.29, 0.717) is 0 Å². The summed E-state index contributed by atoms with van der Waals surface area (Å²) < 4.78 is 23.3. The molecule has 1 aromatic rings. The lowest BCUT2D eigenvalue weighted by molar-refractivity contribution is 0.0956. The minimum atomic E-state index is -0.834. The first-order chi connectivity index (χ1) is 7.51. The van der Waals surface area contributed by atoms with Crippen LogP contribution in [0.5, 0.6) is 11.6 Å². The Balaban J connectivity index is 3.31. The number of carbonyl (C=O) groups is 1. The summed E-state index contributed by atoms with van der Waals surface area (Å²) in [6.45, 7) is 1.45. The van der Waals surface area contributed by atoms with Crippen LogP contribution < -0.4 is 15.2 Å². The molecule has 1 atom stereocenters. The normalized spacial score (nSPS) is 12.1. The molecule has 0 saturated heterocycles. The third kappa shape index (κ3) is 2.27. The number of ether oxygens (including phenoxy) is 2. The number of rotatable bonds is 4. The topological polar surface area (TPSA) is 74.4 Å². The van der Waals surface area contributed by atoms with Gasteiger partial charge in [-0.05, 0) is 6.92 Å². The highest BCUT2D eigenvalue weighted by atomic mass is 19.1. The Labute approximate surface area is 92.4 Å². The molecule has 0 aliphatic heterocycles. The van der Waals surface area contributed by atoms with Gasteiger partial charge in [-0.25, -0.2) is 9.37 Å². The van der Waals surface area contributed by atoms with Crippen LogP contribution in [0.1, 0.15) is 17.4 Å². The van der Waals surface area contributed by atoms with Crippen molar-refractivity contribution < 1.29 is 18.7 Å². The number of halogens is 1. The van der Waals surface area contributed by atoms with Gasteiger partial charge in [0.25, 0.3) is 0 Å². The average molecular weight is 228 g/mol. The Hall–Kier alpha value is -1.69. The van der Waals surface area contributed by atoms with Crippen molar-refractivity contribution in [2.24, 2.45) is 5.73 Å². The fourth-order valence-electron chi connectivity index (χ4n) is 1.12. The van der Waals surface area contributed by atoms with E-state index in [-0.39, 0.29) is 17.3 Å². The predicted octanol–water partition coefficient (Wildman–Crippen LogP) is 0.768. The van der Waals surface area contributed by atoms with Crippen LogP contribution in [0.15, 0.2) is 6.07 Å². The summed E-state index contributed by atoms with van der Waals surface area (Å²) >= 11 is 0. The molecule has 2 N–H and O–H groups in total. The van der Waals surface area contributed by atoms with Gasteiger partial charge in [0.2, 0.25) is 11.7 Å². The smallest absolute Gasteiger partial charge is 0.217 e. The fourth-order valence-corrected chi connectivity index (χ4v) is 1.12. The van der Waals surface area contributed by atoms with Gasteiger partial charge >= 0.3 is 0 Å².